The number of para-hydroxylation sites is 1. The molecule has 0 saturated heterocycles. The first-order valence-electron chi connectivity index (χ1n) is 11.2. The SMILES string of the molecule is CC1=CC(/C=C(/C#N)C(=O)Nc2ccccc2)=C(C)[C@H]1c1ccc(OCc2ccccc2)cc1. The van der Waals surface area contributed by atoms with Crippen LogP contribution in [0.1, 0.15) is 30.9 Å². The molecule has 0 spiro atoms. The van der Waals surface area contributed by atoms with Gasteiger partial charge in [0.2, 0.25) is 0 Å². The number of benzene rings is 3. The molecule has 0 unspecified atom stereocenters. The molecule has 1 atom stereocenters. The summed E-state index contributed by atoms with van der Waals surface area (Å²) >= 11 is 0. The second kappa shape index (κ2) is 10.5. The number of carbonyl (C=O) groups excluding carboxylic acids is 1. The predicted molar refractivity (Wildman–Crippen MR) is 135 cm³/mol. The zero-order valence-electron chi connectivity index (χ0n) is 19.3. The number of rotatable bonds is 7. The van der Waals surface area contributed by atoms with Gasteiger partial charge in [-0.15, -0.1) is 0 Å². The van der Waals surface area contributed by atoms with E-state index in [0.717, 1.165) is 28.0 Å². The number of nitrogens with zero attached hydrogens (tertiary/aromatic N) is 1. The first kappa shape index (κ1) is 22.8. The van der Waals surface area contributed by atoms with Gasteiger partial charge < -0.3 is 10.1 Å². The molecule has 0 aliphatic heterocycles. The minimum Gasteiger partial charge on any atom is -0.489 e. The first-order valence-corrected chi connectivity index (χ1v) is 11.2. The van der Waals surface area contributed by atoms with E-state index in [1.807, 2.05) is 79.7 Å². The van der Waals surface area contributed by atoms with Gasteiger partial charge in [0.1, 0.15) is 24.0 Å². The molecule has 1 N–H and O–H groups in total. The van der Waals surface area contributed by atoms with Gasteiger partial charge >= 0.3 is 0 Å². The molecule has 0 saturated carbocycles. The number of carbonyl (C=O) groups is 1. The summed E-state index contributed by atoms with van der Waals surface area (Å²) in [6, 6.07) is 29.4. The van der Waals surface area contributed by atoms with Gasteiger partial charge in [0.05, 0.1) is 0 Å². The molecule has 4 heteroatoms. The van der Waals surface area contributed by atoms with Crippen LogP contribution in [-0.4, -0.2) is 5.91 Å². The molecular weight excluding hydrogens is 420 g/mol. The number of hydrogen-bond donors (Lipinski definition) is 1. The van der Waals surface area contributed by atoms with E-state index in [-0.39, 0.29) is 11.5 Å². The lowest BCUT2D eigenvalue weighted by Crippen LogP contribution is -2.13. The second-order valence-corrected chi connectivity index (χ2v) is 8.29. The number of amides is 1. The molecule has 0 heterocycles. The van der Waals surface area contributed by atoms with Crippen molar-refractivity contribution in [1.82, 2.24) is 0 Å². The van der Waals surface area contributed by atoms with Crippen molar-refractivity contribution in [2.24, 2.45) is 0 Å². The molecule has 34 heavy (non-hydrogen) atoms. The predicted octanol–water partition coefficient (Wildman–Crippen LogP) is 6.71. The van der Waals surface area contributed by atoms with E-state index in [4.69, 9.17) is 4.74 Å². The van der Waals surface area contributed by atoms with Crippen molar-refractivity contribution in [3.63, 3.8) is 0 Å². The highest BCUT2D eigenvalue weighted by atomic mass is 16.5. The maximum Gasteiger partial charge on any atom is 0.266 e. The Bertz CT molecular complexity index is 1300. The third-order valence-electron chi connectivity index (χ3n) is 5.89. The third-order valence-corrected chi connectivity index (χ3v) is 5.89. The van der Waals surface area contributed by atoms with Crippen LogP contribution in [0, 0.1) is 11.3 Å². The fraction of sp³-hybridized carbons (Fsp3) is 0.133. The van der Waals surface area contributed by atoms with Crippen LogP contribution in [0.25, 0.3) is 0 Å². The van der Waals surface area contributed by atoms with E-state index in [2.05, 4.69) is 24.4 Å². The number of ether oxygens (including phenoxy) is 1. The van der Waals surface area contributed by atoms with Crippen LogP contribution in [0.4, 0.5) is 5.69 Å². The fourth-order valence-electron chi connectivity index (χ4n) is 4.14. The summed E-state index contributed by atoms with van der Waals surface area (Å²) in [6.07, 6.45) is 3.72. The smallest absolute Gasteiger partial charge is 0.266 e. The Balaban J connectivity index is 1.49. The summed E-state index contributed by atoms with van der Waals surface area (Å²) in [5.41, 5.74) is 6.18. The lowest BCUT2D eigenvalue weighted by atomic mass is 9.89. The Labute approximate surface area is 200 Å². The van der Waals surface area contributed by atoms with Crippen molar-refractivity contribution in [2.45, 2.75) is 26.4 Å². The van der Waals surface area contributed by atoms with Crippen molar-refractivity contribution >= 4 is 11.6 Å². The molecule has 3 aromatic carbocycles. The largest absolute Gasteiger partial charge is 0.489 e. The van der Waals surface area contributed by atoms with Crippen molar-refractivity contribution in [2.75, 3.05) is 5.32 Å². The van der Waals surface area contributed by atoms with Gasteiger partial charge in [-0.3, -0.25) is 4.79 Å². The highest BCUT2D eigenvalue weighted by molar-refractivity contribution is 6.07. The topological polar surface area (TPSA) is 62.1 Å². The summed E-state index contributed by atoms with van der Waals surface area (Å²) in [5.74, 6) is 0.508. The Hall–Kier alpha value is -4.36. The van der Waals surface area contributed by atoms with Crippen molar-refractivity contribution < 1.29 is 9.53 Å². The molecule has 1 aliphatic carbocycles. The van der Waals surface area contributed by atoms with E-state index in [1.54, 1.807) is 18.2 Å². The fourth-order valence-corrected chi connectivity index (χ4v) is 4.14. The molecule has 168 valence electrons. The van der Waals surface area contributed by atoms with Crippen molar-refractivity contribution in [1.29, 1.82) is 5.26 Å². The molecular formula is C30H26N2O2. The van der Waals surface area contributed by atoms with Crippen LogP contribution >= 0.6 is 0 Å². The maximum atomic E-state index is 12.6. The van der Waals surface area contributed by atoms with E-state index < -0.39 is 5.91 Å². The molecule has 0 fully saturated rings. The minimum absolute atomic E-state index is 0.0764. The van der Waals surface area contributed by atoms with Crippen LogP contribution in [-0.2, 0) is 11.4 Å². The van der Waals surface area contributed by atoms with E-state index in [0.29, 0.717) is 12.3 Å². The normalized spacial score (nSPS) is 15.5. The van der Waals surface area contributed by atoms with Gasteiger partial charge in [-0.2, -0.15) is 5.26 Å². The molecule has 1 amide bonds. The number of hydrogen-bond acceptors (Lipinski definition) is 3. The Kier molecular flexibility index (Phi) is 7.05. The maximum absolute atomic E-state index is 12.6. The number of allylic oxidation sites excluding steroid dienone is 5. The molecule has 4 rings (SSSR count). The van der Waals surface area contributed by atoms with Crippen LogP contribution in [0.15, 0.2) is 119 Å². The highest BCUT2D eigenvalue weighted by Gasteiger charge is 2.24. The van der Waals surface area contributed by atoms with Crippen LogP contribution in [0.3, 0.4) is 0 Å². The quantitative estimate of drug-likeness (QED) is 0.324. The summed E-state index contributed by atoms with van der Waals surface area (Å²) < 4.78 is 5.91. The first-order chi connectivity index (χ1) is 16.5. The van der Waals surface area contributed by atoms with Crippen molar-refractivity contribution in [3.8, 4) is 11.8 Å². The summed E-state index contributed by atoms with van der Waals surface area (Å²) in [4.78, 5) is 12.6. The molecule has 1 aliphatic rings. The Morgan fingerprint density at radius 2 is 1.62 bits per heavy atom. The Morgan fingerprint density at radius 3 is 2.26 bits per heavy atom. The second-order valence-electron chi connectivity index (χ2n) is 8.29. The Morgan fingerprint density at radius 1 is 0.971 bits per heavy atom. The van der Waals surface area contributed by atoms with Gasteiger partial charge in [-0.05, 0) is 60.9 Å². The van der Waals surface area contributed by atoms with E-state index >= 15 is 0 Å². The molecule has 0 bridgehead atoms. The molecule has 0 radical (unpaired) electrons. The lowest BCUT2D eigenvalue weighted by molar-refractivity contribution is -0.112. The van der Waals surface area contributed by atoms with E-state index in [1.165, 1.54) is 5.57 Å². The zero-order valence-corrected chi connectivity index (χ0v) is 19.3. The standard InChI is InChI=1S/C30H26N2O2/c1-21-17-25(18-26(19-31)30(33)32-27-11-7-4-8-12-27)22(2)29(21)24-13-15-28(16-14-24)34-20-23-9-5-3-6-10-23/h3-18,29H,20H2,1-2H3,(H,32,33)/b26-18-/t29-/m0/s1. The summed E-state index contributed by atoms with van der Waals surface area (Å²) in [7, 11) is 0. The molecule has 3 aromatic rings. The monoisotopic (exact) mass is 446 g/mol. The van der Waals surface area contributed by atoms with Gasteiger partial charge in [-0.1, -0.05) is 77.9 Å². The number of nitriles is 1. The van der Waals surface area contributed by atoms with Gasteiger partial charge in [-0.25, -0.2) is 0 Å². The van der Waals surface area contributed by atoms with E-state index in [9.17, 15) is 10.1 Å². The lowest BCUT2D eigenvalue weighted by Gasteiger charge is -2.16. The van der Waals surface area contributed by atoms with Gasteiger partial charge in [0.15, 0.2) is 0 Å². The summed E-state index contributed by atoms with van der Waals surface area (Å²) in [5, 5.41) is 12.4. The average Bonchev–Trinajstić information content (AvgIpc) is 3.15. The number of anilines is 1. The summed E-state index contributed by atoms with van der Waals surface area (Å²) in [6.45, 7) is 4.65. The van der Waals surface area contributed by atoms with Crippen LogP contribution in [0.2, 0.25) is 0 Å². The highest BCUT2D eigenvalue weighted by Crippen LogP contribution is 2.40. The van der Waals surface area contributed by atoms with Crippen LogP contribution in [0.5, 0.6) is 5.75 Å². The van der Waals surface area contributed by atoms with Crippen LogP contribution < -0.4 is 10.1 Å². The molecule has 4 nitrogen and oxygen atoms in total. The molecule has 0 aromatic heterocycles. The minimum atomic E-state index is -0.413. The zero-order chi connectivity index (χ0) is 23.9. The van der Waals surface area contributed by atoms with Gasteiger partial charge in [0.25, 0.3) is 5.91 Å². The van der Waals surface area contributed by atoms with Gasteiger partial charge in [0, 0.05) is 11.6 Å². The average molecular weight is 447 g/mol. The third kappa shape index (κ3) is 5.33. The number of nitrogens with one attached hydrogen (secondary N) is 1. The van der Waals surface area contributed by atoms with Crippen molar-refractivity contribution in [3.05, 3.63) is 131 Å².